The van der Waals surface area contributed by atoms with Gasteiger partial charge in [0.1, 0.15) is 17.5 Å². The van der Waals surface area contributed by atoms with Crippen molar-refractivity contribution in [2.45, 2.75) is 19.4 Å². The number of carbonyl (C=O) groups is 3. The van der Waals surface area contributed by atoms with E-state index in [9.17, 15) is 9.90 Å². The molecule has 14 heteroatoms. The van der Waals surface area contributed by atoms with Crippen LogP contribution in [0.15, 0.2) is 24.3 Å². The second-order valence-electron chi connectivity index (χ2n) is 5.80. The second-order valence-corrected chi connectivity index (χ2v) is 10.5. The van der Waals surface area contributed by atoms with Gasteiger partial charge in [0.2, 0.25) is 0 Å². The summed E-state index contributed by atoms with van der Waals surface area (Å²) in [6.45, 7) is 1.93. The van der Waals surface area contributed by atoms with Gasteiger partial charge in [-0.15, -0.1) is 0 Å². The van der Waals surface area contributed by atoms with Crippen molar-refractivity contribution in [1.82, 2.24) is 0 Å². The van der Waals surface area contributed by atoms with Gasteiger partial charge < -0.3 is 36.0 Å². The maximum absolute atomic E-state index is 10.9. The van der Waals surface area contributed by atoms with Crippen LogP contribution in [-0.2, 0) is 20.8 Å². The Morgan fingerprint density at radius 3 is 1.64 bits per heavy atom. The van der Waals surface area contributed by atoms with Crippen molar-refractivity contribution in [3.63, 3.8) is 0 Å². The number of ether oxygens (including phenoxy) is 1. The van der Waals surface area contributed by atoms with Crippen LogP contribution in [0.4, 0.5) is 0 Å². The van der Waals surface area contributed by atoms with Gasteiger partial charge in [-0.3, -0.25) is 4.79 Å². The van der Waals surface area contributed by atoms with Crippen LogP contribution >= 0.6 is 90.4 Å². The molecule has 2 aromatic rings. The fourth-order valence-corrected chi connectivity index (χ4v) is 5.72. The molecule has 0 saturated carbocycles. The van der Waals surface area contributed by atoms with Crippen molar-refractivity contribution in [3.05, 3.63) is 44.1 Å². The minimum atomic E-state index is -1.82. The lowest BCUT2D eigenvalue weighted by molar-refractivity contribution is -0.159. The summed E-state index contributed by atoms with van der Waals surface area (Å²) in [4.78, 5) is 29.1. The summed E-state index contributed by atoms with van der Waals surface area (Å²) in [6, 6.07) is 6.34. The van der Waals surface area contributed by atoms with E-state index in [1.165, 1.54) is 0 Å². The third-order valence-corrected chi connectivity index (χ3v) is 6.47. The molecule has 0 saturated heterocycles. The van der Waals surface area contributed by atoms with E-state index in [0.717, 1.165) is 12.7 Å². The van der Waals surface area contributed by atoms with E-state index < -0.39 is 23.9 Å². The van der Waals surface area contributed by atoms with Crippen LogP contribution in [-0.4, -0.2) is 56.1 Å². The SMILES string of the molecule is CCO.N[C@@H](Cc1cc(I)c(Oc2cc(I)c(O)c(I)c2)c(I)c1)C(=O)O.O=C(O)C(=O)O. The zero-order valence-electron chi connectivity index (χ0n) is 16.8. The Morgan fingerprint density at radius 1 is 0.909 bits per heavy atom. The number of carboxylic acids is 3. The number of hydrogen-bond donors (Lipinski definition) is 6. The second kappa shape index (κ2) is 16.1. The van der Waals surface area contributed by atoms with E-state index in [4.69, 9.17) is 40.5 Å². The Hall–Kier alpha value is -0.710. The van der Waals surface area contributed by atoms with E-state index in [0.29, 0.717) is 18.6 Å². The zero-order valence-corrected chi connectivity index (χ0v) is 25.4. The van der Waals surface area contributed by atoms with Crippen LogP contribution in [0, 0.1) is 14.3 Å². The highest BCUT2D eigenvalue weighted by Gasteiger charge is 2.16. The molecule has 0 fully saturated rings. The number of aliphatic hydroxyl groups excluding tert-OH is 1. The number of aliphatic hydroxyl groups is 1. The molecule has 10 nitrogen and oxygen atoms in total. The Bertz CT molecular complexity index is 943. The topological polar surface area (TPSA) is 188 Å². The fourth-order valence-electron chi connectivity index (χ4n) is 1.89. The van der Waals surface area contributed by atoms with Gasteiger partial charge in [-0.05, 0) is 134 Å². The van der Waals surface area contributed by atoms with Gasteiger partial charge in [-0.2, -0.15) is 0 Å². The molecule has 0 amide bonds. The molecule has 0 bridgehead atoms. The minimum absolute atomic E-state index is 0.242. The fraction of sp³-hybridized carbons (Fsp3) is 0.211. The number of nitrogens with two attached hydrogens (primary N) is 1. The first-order chi connectivity index (χ1) is 15.2. The number of aromatic hydroxyl groups is 1. The Morgan fingerprint density at radius 2 is 1.30 bits per heavy atom. The highest BCUT2D eigenvalue weighted by molar-refractivity contribution is 14.1. The average molecular weight is 913 g/mol. The molecule has 1 atom stereocenters. The molecule has 0 radical (unpaired) electrons. The first-order valence-corrected chi connectivity index (χ1v) is 13.0. The third kappa shape index (κ3) is 12.0. The zero-order chi connectivity index (χ0) is 25.9. The summed E-state index contributed by atoms with van der Waals surface area (Å²) < 4.78 is 9.14. The van der Waals surface area contributed by atoms with Crippen molar-refractivity contribution < 1.29 is 44.7 Å². The number of rotatable bonds is 5. The van der Waals surface area contributed by atoms with Gasteiger partial charge in [-0.1, -0.05) is 0 Å². The first kappa shape index (κ1) is 32.3. The summed E-state index contributed by atoms with van der Waals surface area (Å²) in [6.07, 6.45) is 0.261. The van der Waals surface area contributed by atoms with E-state index in [2.05, 4.69) is 90.4 Å². The maximum atomic E-state index is 10.9. The molecule has 0 spiro atoms. The molecule has 2 rings (SSSR count). The summed E-state index contributed by atoms with van der Waals surface area (Å²) >= 11 is 8.42. The lowest BCUT2D eigenvalue weighted by atomic mass is 10.1. The summed E-state index contributed by atoms with van der Waals surface area (Å²) in [5, 5.41) is 41.1. The predicted octanol–water partition coefficient (Wildman–Crippen LogP) is 3.71. The summed E-state index contributed by atoms with van der Waals surface area (Å²) in [7, 11) is 0. The van der Waals surface area contributed by atoms with Crippen LogP contribution < -0.4 is 10.5 Å². The van der Waals surface area contributed by atoms with Gasteiger partial charge in [0.05, 0.1) is 14.3 Å². The van der Waals surface area contributed by atoms with Crippen molar-refractivity contribution in [2.75, 3.05) is 6.61 Å². The van der Waals surface area contributed by atoms with E-state index in [1.807, 2.05) is 12.1 Å². The van der Waals surface area contributed by atoms with Gasteiger partial charge in [0, 0.05) is 6.61 Å². The van der Waals surface area contributed by atoms with Crippen LogP contribution in [0.25, 0.3) is 0 Å². The minimum Gasteiger partial charge on any atom is -0.506 e. The normalized spacial score (nSPS) is 10.6. The molecule has 0 heterocycles. The van der Waals surface area contributed by atoms with Gasteiger partial charge >= 0.3 is 17.9 Å². The number of aliphatic carboxylic acids is 3. The Kier molecular flexibility index (Phi) is 15.7. The Balaban J connectivity index is 0.000000969. The van der Waals surface area contributed by atoms with Crippen molar-refractivity contribution in [3.8, 4) is 17.2 Å². The average Bonchev–Trinajstić information content (AvgIpc) is 2.69. The lowest BCUT2D eigenvalue weighted by Crippen LogP contribution is -2.32. The first-order valence-electron chi connectivity index (χ1n) is 8.64. The van der Waals surface area contributed by atoms with Gasteiger partial charge in [0.15, 0.2) is 5.75 Å². The van der Waals surface area contributed by atoms with E-state index >= 15 is 0 Å². The molecule has 0 aliphatic rings. The Labute approximate surface area is 243 Å². The molecule has 7 N–H and O–H groups in total. The smallest absolute Gasteiger partial charge is 0.414 e. The molecule has 33 heavy (non-hydrogen) atoms. The maximum Gasteiger partial charge on any atom is 0.414 e. The van der Waals surface area contributed by atoms with Gasteiger partial charge in [0.25, 0.3) is 0 Å². The standard InChI is InChI=1S/C15H11I4NO4.C2H2O4.C2H6O/c16-8-4-7(5-9(17)13(8)21)24-14-10(18)1-6(2-11(14)19)3-12(20)15(22)23;3-1(4)2(5)6;1-2-3/h1-2,4-5,12,21H,3,20H2,(H,22,23);(H,3,4)(H,5,6);3H,2H2,1H3/t12-;;/m0../s1. The van der Waals surface area contributed by atoms with E-state index in [1.54, 1.807) is 19.1 Å². The van der Waals surface area contributed by atoms with Gasteiger partial charge in [-0.25, -0.2) is 9.59 Å². The molecular formula is C19H19I4NO9. The number of benzene rings is 2. The number of phenolic OH excluding ortho intramolecular Hbond substituents is 1. The quantitative estimate of drug-likeness (QED) is 0.191. The number of phenols is 1. The van der Waals surface area contributed by atoms with Crippen LogP contribution in [0.1, 0.15) is 12.5 Å². The highest BCUT2D eigenvalue weighted by Crippen LogP contribution is 2.36. The monoisotopic (exact) mass is 913 g/mol. The number of hydrogen-bond acceptors (Lipinski definition) is 7. The van der Waals surface area contributed by atoms with Crippen molar-refractivity contribution in [2.24, 2.45) is 5.73 Å². The van der Waals surface area contributed by atoms with Crippen LogP contribution in [0.3, 0.4) is 0 Å². The summed E-state index contributed by atoms with van der Waals surface area (Å²) in [5.74, 6) is -3.10. The molecular weight excluding hydrogens is 894 g/mol. The lowest BCUT2D eigenvalue weighted by Gasteiger charge is -2.14. The summed E-state index contributed by atoms with van der Waals surface area (Å²) in [5.41, 5.74) is 6.44. The largest absolute Gasteiger partial charge is 0.506 e. The number of halogens is 4. The third-order valence-electron chi connectivity index (χ3n) is 3.22. The number of carboxylic acid groups (broad SMARTS) is 3. The van der Waals surface area contributed by atoms with Crippen molar-refractivity contribution in [1.29, 1.82) is 0 Å². The predicted molar refractivity (Wildman–Crippen MR) is 153 cm³/mol. The van der Waals surface area contributed by atoms with E-state index in [-0.39, 0.29) is 18.8 Å². The molecule has 0 aliphatic carbocycles. The van der Waals surface area contributed by atoms with Crippen LogP contribution in [0.5, 0.6) is 17.2 Å². The molecule has 0 aliphatic heterocycles. The van der Waals surface area contributed by atoms with Crippen molar-refractivity contribution >= 4 is 108 Å². The highest BCUT2D eigenvalue weighted by atomic mass is 127. The molecule has 0 aromatic heterocycles. The van der Waals surface area contributed by atoms with Crippen LogP contribution in [0.2, 0.25) is 0 Å². The molecule has 182 valence electrons. The molecule has 0 unspecified atom stereocenters. The molecule has 2 aromatic carbocycles.